The molecule has 10 heteroatoms. The normalized spacial score (nSPS) is 23.1. The Kier molecular flexibility index (Phi) is 7.67. The third-order valence-electron chi connectivity index (χ3n) is 8.94. The van der Waals surface area contributed by atoms with Gasteiger partial charge in [0.2, 0.25) is 11.8 Å². The highest BCUT2D eigenvalue weighted by atomic mass is 79.9. The lowest BCUT2D eigenvalue weighted by Gasteiger charge is -2.35. The van der Waals surface area contributed by atoms with Gasteiger partial charge in [-0.05, 0) is 102 Å². The SMILES string of the molecule is CN1CCN(c2ccc(CN3CCC(c4cc(F)cc5c4CN(C4CCC(=O)NC4=O)C5=O)CC3)cc2Br)CC1. The maximum absolute atomic E-state index is 14.7. The Balaban J connectivity index is 1.10. The van der Waals surface area contributed by atoms with Gasteiger partial charge in [-0.1, -0.05) is 6.07 Å². The molecular formula is C30H35BrFN5O3. The van der Waals surface area contributed by atoms with Gasteiger partial charge in [-0.25, -0.2) is 4.39 Å². The van der Waals surface area contributed by atoms with E-state index in [0.717, 1.165) is 74.3 Å². The van der Waals surface area contributed by atoms with Gasteiger partial charge in [0, 0.05) is 55.7 Å². The van der Waals surface area contributed by atoms with Crippen LogP contribution in [0.5, 0.6) is 0 Å². The molecule has 2 aromatic rings. The predicted octanol–water partition coefficient (Wildman–Crippen LogP) is 3.48. The van der Waals surface area contributed by atoms with Crippen LogP contribution in [0.25, 0.3) is 0 Å². The first-order valence-corrected chi connectivity index (χ1v) is 15.0. The second kappa shape index (κ2) is 11.2. The molecule has 0 bridgehead atoms. The van der Waals surface area contributed by atoms with Crippen LogP contribution in [0.4, 0.5) is 10.1 Å². The number of carbonyl (C=O) groups excluding carboxylic acids is 3. The maximum Gasteiger partial charge on any atom is 0.255 e. The van der Waals surface area contributed by atoms with E-state index in [2.05, 4.69) is 61.2 Å². The summed E-state index contributed by atoms with van der Waals surface area (Å²) in [5.74, 6) is -1.35. The first kappa shape index (κ1) is 27.4. The minimum atomic E-state index is -0.697. The van der Waals surface area contributed by atoms with E-state index in [1.165, 1.54) is 22.2 Å². The highest BCUT2D eigenvalue weighted by Crippen LogP contribution is 2.38. The van der Waals surface area contributed by atoms with Gasteiger partial charge < -0.3 is 14.7 Å². The number of likely N-dealkylation sites (N-methyl/N-ethyl adjacent to an activating group) is 1. The molecule has 40 heavy (non-hydrogen) atoms. The Morgan fingerprint density at radius 1 is 0.975 bits per heavy atom. The standard InChI is InChI=1S/C30H35BrFN5O3/c1-34-10-12-36(13-11-34)26-3-2-19(14-25(26)31)17-35-8-6-20(7-9-35)22-15-21(32)16-23-24(22)18-37(30(23)40)27-4-5-28(38)33-29(27)39/h2-3,14-16,20,27H,4-13,17-18H2,1H3,(H,33,38,39). The van der Waals surface area contributed by atoms with E-state index in [0.29, 0.717) is 12.0 Å². The van der Waals surface area contributed by atoms with Crippen LogP contribution in [0.3, 0.4) is 0 Å². The molecule has 212 valence electrons. The van der Waals surface area contributed by atoms with Crippen molar-refractivity contribution in [1.29, 1.82) is 0 Å². The van der Waals surface area contributed by atoms with Gasteiger partial charge in [0.1, 0.15) is 11.9 Å². The molecule has 4 heterocycles. The predicted molar refractivity (Wildman–Crippen MR) is 154 cm³/mol. The summed E-state index contributed by atoms with van der Waals surface area (Å²) in [5.41, 5.74) is 4.58. The molecule has 0 spiro atoms. The Morgan fingerprint density at radius 3 is 2.42 bits per heavy atom. The van der Waals surface area contributed by atoms with Crippen LogP contribution in [0, 0.1) is 5.82 Å². The lowest BCUT2D eigenvalue weighted by Crippen LogP contribution is -2.52. The minimum Gasteiger partial charge on any atom is -0.368 e. The molecule has 1 atom stereocenters. The summed E-state index contributed by atoms with van der Waals surface area (Å²) < 4.78 is 15.9. The van der Waals surface area contributed by atoms with E-state index in [-0.39, 0.29) is 30.7 Å². The van der Waals surface area contributed by atoms with Gasteiger partial charge in [0.25, 0.3) is 5.91 Å². The molecule has 3 fully saturated rings. The zero-order valence-electron chi connectivity index (χ0n) is 22.8. The number of rotatable bonds is 5. The van der Waals surface area contributed by atoms with Crippen LogP contribution in [0.15, 0.2) is 34.8 Å². The highest BCUT2D eigenvalue weighted by molar-refractivity contribution is 9.10. The van der Waals surface area contributed by atoms with Crippen LogP contribution in [0.2, 0.25) is 0 Å². The van der Waals surface area contributed by atoms with Crippen LogP contribution in [-0.4, -0.2) is 84.8 Å². The van der Waals surface area contributed by atoms with Crippen molar-refractivity contribution in [3.05, 3.63) is 62.9 Å². The van der Waals surface area contributed by atoms with Crippen molar-refractivity contribution in [1.82, 2.24) is 20.0 Å². The van der Waals surface area contributed by atoms with Crippen LogP contribution in [0.1, 0.15) is 58.6 Å². The fourth-order valence-corrected chi connectivity index (χ4v) is 7.31. The number of nitrogens with one attached hydrogen (secondary N) is 1. The quantitative estimate of drug-likeness (QED) is 0.522. The number of likely N-dealkylation sites (tertiary alicyclic amines) is 1. The summed E-state index contributed by atoms with van der Waals surface area (Å²) in [6.07, 6.45) is 2.25. The fourth-order valence-electron chi connectivity index (χ4n) is 6.63. The van der Waals surface area contributed by atoms with Gasteiger partial charge >= 0.3 is 0 Å². The summed E-state index contributed by atoms with van der Waals surface area (Å²) in [5, 5.41) is 2.33. The topological polar surface area (TPSA) is 76.2 Å². The number of piperazine rings is 1. The van der Waals surface area contributed by atoms with Crippen molar-refractivity contribution >= 4 is 39.3 Å². The number of halogens is 2. The van der Waals surface area contributed by atoms with E-state index in [9.17, 15) is 18.8 Å². The summed E-state index contributed by atoms with van der Waals surface area (Å²) in [7, 11) is 2.16. The van der Waals surface area contributed by atoms with E-state index in [1.54, 1.807) is 6.07 Å². The molecule has 1 unspecified atom stereocenters. The number of benzene rings is 2. The third-order valence-corrected chi connectivity index (χ3v) is 9.58. The van der Waals surface area contributed by atoms with Crippen molar-refractivity contribution < 1.29 is 18.8 Å². The molecule has 3 saturated heterocycles. The number of anilines is 1. The number of piperidine rings is 2. The summed E-state index contributed by atoms with van der Waals surface area (Å²) in [6, 6.07) is 8.85. The van der Waals surface area contributed by atoms with E-state index >= 15 is 0 Å². The molecule has 4 aliphatic heterocycles. The smallest absolute Gasteiger partial charge is 0.255 e. The second-order valence-electron chi connectivity index (χ2n) is 11.5. The average Bonchev–Trinajstić information content (AvgIpc) is 3.25. The average molecular weight is 613 g/mol. The van der Waals surface area contributed by atoms with Crippen molar-refractivity contribution in [3.63, 3.8) is 0 Å². The van der Waals surface area contributed by atoms with E-state index in [4.69, 9.17) is 0 Å². The molecule has 4 aliphatic rings. The lowest BCUT2D eigenvalue weighted by molar-refractivity contribution is -0.136. The minimum absolute atomic E-state index is 0.154. The number of amides is 3. The summed E-state index contributed by atoms with van der Waals surface area (Å²) >= 11 is 3.80. The van der Waals surface area contributed by atoms with Gasteiger partial charge in [0.05, 0.1) is 5.69 Å². The van der Waals surface area contributed by atoms with Crippen LogP contribution < -0.4 is 10.2 Å². The molecule has 2 aromatic carbocycles. The highest BCUT2D eigenvalue weighted by Gasteiger charge is 2.41. The molecule has 6 rings (SSSR count). The van der Waals surface area contributed by atoms with Gasteiger partial charge in [-0.2, -0.15) is 0 Å². The number of hydrogen-bond donors (Lipinski definition) is 1. The molecule has 0 aromatic heterocycles. The molecule has 0 saturated carbocycles. The zero-order chi connectivity index (χ0) is 28.0. The fraction of sp³-hybridized carbons (Fsp3) is 0.500. The summed E-state index contributed by atoms with van der Waals surface area (Å²) in [6.45, 7) is 7.12. The lowest BCUT2D eigenvalue weighted by atomic mass is 9.85. The zero-order valence-corrected chi connectivity index (χ0v) is 24.4. The van der Waals surface area contributed by atoms with Crippen molar-refractivity contribution in [3.8, 4) is 0 Å². The Bertz CT molecular complexity index is 1340. The van der Waals surface area contributed by atoms with Gasteiger partial charge in [-0.3, -0.25) is 24.6 Å². The number of carbonyl (C=O) groups is 3. The molecule has 0 aliphatic carbocycles. The van der Waals surface area contributed by atoms with Crippen molar-refractivity contribution in [2.45, 2.75) is 50.7 Å². The second-order valence-corrected chi connectivity index (χ2v) is 12.4. The Morgan fingerprint density at radius 2 is 1.73 bits per heavy atom. The molecule has 0 radical (unpaired) electrons. The molecular weight excluding hydrogens is 577 g/mol. The number of imide groups is 1. The van der Waals surface area contributed by atoms with Gasteiger partial charge in [0.15, 0.2) is 0 Å². The number of hydrogen-bond acceptors (Lipinski definition) is 6. The molecule has 3 amide bonds. The summed E-state index contributed by atoms with van der Waals surface area (Å²) in [4.78, 5) is 46.0. The van der Waals surface area contributed by atoms with E-state index < -0.39 is 17.8 Å². The van der Waals surface area contributed by atoms with Crippen molar-refractivity contribution in [2.75, 3.05) is 51.2 Å². The number of nitrogens with zero attached hydrogens (tertiary/aromatic N) is 4. The first-order valence-electron chi connectivity index (χ1n) is 14.2. The number of fused-ring (bicyclic) bond motifs is 1. The molecule has 8 nitrogen and oxygen atoms in total. The van der Waals surface area contributed by atoms with Crippen molar-refractivity contribution in [2.24, 2.45) is 0 Å². The van der Waals surface area contributed by atoms with Gasteiger partial charge in [-0.15, -0.1) is 0 Å². The largest absolute Gasteiger partial charge is 0.368 e. The van der Waals surface area contributed by atoms with Crippen LogP contribution >= 0.6 is 15.9 Å². The Hall–Kier alpha value is -2.82. The van der Waals surface area contributed by atoms with Crippen LogP contribution in [-0.2, 0) is 22.7 Å². The maximum atomic E-state index is 14.7. The molecule has 1 N–H and O–H groups in total. The monoisotopic (exact) mass is 611 g/mol. The van der Waals surface area contributed by atoms with E-state index in [1.807, 2.05) is 0 Å². The first-order chi connectivity index (χ1) is 19.3. The Labute approximate surface area is 242 Å². The third kappa shape index (κ3) is 5.41.